The van der Waals surface area contributed by atoms with Crippen LogP contribution in [0.5, 0.6) is 5.75 Å². The summed E-state index contributed by atoms with van der Waals surface area (Å²) in [5.41, 5.74) is 3.95. The maximum absolute atomic E-state index is 10.2. The lowest BCUT2D eigenvalue weighted by Gasteiger charge is -2.13. The van der Waals surface area contributed by atoms with Crippen molar-refractivity contribution in [1.82, 2.24) is 15.1 Å². The molecule has 0 bridgehead atoms. The molecule has 0 aliphatic carbocycles. The topological polar surface area (TPSA) is 79.5 Å². The molecule has 0 spiro atoms. The number of rotatable bonds is 8. The molecule has 1 aromatic heterocycles. The van der Waals surface area contributed by atoms with Gasteiger partial charge in [0, 0.05) is 24.3 Å². The van der Waals surface area contributed by atoms with E-state index in [-0.39, 0.29) is 6.61 Å². The maximum Gasteiger partial charge on any atom is 0.118 e. The molecule has 23 heavy (non-hydrogen) atoms. The van der Waals surface area contributed by atoms with E-state index in [1.54, 1.807) is 7.11 Å². The first-order valence-corrected chi connectivity index (χ1v) is 7.73. The molecule has 6 heteroatoms. The van der Waals surface area contributed by atoms with E-state index in [4.69, 9.17) is 9.84 Å². The fourth-order valence-corrected chi connectivity index (χ4v) is 2.58. The molecule has 6 nitrogen and oxygen atoms in total. The summed E-state index contributed by atoms with van der Waals surface area (Å²) in [6, 6.07) is 7.40. The molecule has 2 rings (SSSR count). The van der Waals surface area contributed by atoms with Crippen LogP contribution in [0.4, 0.5) is 0 Å². The summed E-state index contributed by atoms with van der Waals surface area (Å²) >= 11 is 0. The molecule has 1 atom stereocenters. The van der Waals surface area contributed by atoms with Crippen LogP contribution in [0.1, 0.15) is 28.6 Å². The van der Waals surface area contributed by atoms with Gasteiger partial charge in [-0.3, -0.25) is 4.68 Å². The first-order chi connectivity index (χ1) is 11.1. The minimum atomic E-state index is -0.575. The number of aliphatic hydroxyl groups is 2. The first kappa shape index (κ1) is 17.5. The SMILES string of the molecule is COc1ccc([C@@H](O)CNCc2c(C)nn(CCO)c2C)cc1. The maximum atomic E-state index is 10.2. The quantitative estimate of drug-likeness (QED) is 0.684. The van der Waals surface area contributed by atoms with E-state index in [1.165, 1.54) is 0 Å². The summed E-state index contributed by atoms with van der Waals surface area (Å²) < 4.78 is 6.92. The summed E-state index contributed by atoms with van der Waals surface area (Å²) in [7, 11) is 1.62. The van der Waals surface area contributed by atoms with E-state index in [1.807, 2.05) is 42.8 Å². The predicted molar refractivity (Wildman–Crippen MR) is 88.4 cm³/mol. The minimum absolute atomic E-state index is 0.0744. The fraction of sp³-hybridized carbons (Fsp3) is 0.471. The zero-order chi connectivity index (χ0) is 16.8. The number of methoxy groups -OCH3 is 1. The molecule has 0 aliphatic rings. The molecule has 2 aromatic rings. The van der Waals surface area contributed by atoms with Gasteiger partial charge in [0.15, 0.2) is 0 Å². The molecule has 0 saturated carbocycles. The van der Waals surface area contributed by atoms with Gasteiger partial charge in [0.2, 0.25) is 0 Å². The summed E-state index contributed by atoms with van der Waals surface area (Å²) in [5.74, 6) is 0.774. The van der Waals surface area contributed by atoms with Crippen molar-refractivity contribution in [2.75, 3.05) is 20.3 Å². The molecule has 3 N–H and O–H groups in total. The van der Waals surface area contributed by atoms with Crippen LogP contribution in [0.25, 0.3) is 0 Å². The lowest BCUT2D eigenvalue weighted by molar-refractivity contribution is 0.174. The van der Waals surface area contributed by atoms with E-state index >= 15 is 0 Å². The summed E-state index contributed by atoms with van der Waals surface area (Å²) in [4.78, 5) is 0. The van der Waals surface area contributed by atoms with Crippen molar-refractivity contribution in [2.24, 2.45) is 0 Å². The minimum Gasteiger partial charge on any atom is -0.497 e. The van der Waals surface area contributed by atoms with E-state index in [0.29, 0.717) is 19.6 Å². The van der Waals surface area contributed by atoms with Gasteiger partial charge < -0.3 is 20.3 Å². The molecule has 0 fully saturated rings. The van der Waals surface area contributed by atoms with Crippen molar-refractivity contribution in [3.63, 3.8) is 0 Å². The molecular weight excluding hydrogens is 294 g/mol. The van der Waals surface area contributed by atoms with Crippen molar-refractivity contribution in [1.29, 1.82) is 0 Å². The Morgan fingerprint density at radius 2 is 1.96 bits per heavy atom. The van der Waals surface area contributed by atoms with Crippen molar-refractivity contribution in [3.05, 3.63) is 46.8 Å². The number of aliphatic hydroxyl groups excluding tert-OH is 2. The van der Waals surface area contributed by atoms with Crippen LogP contribution >= 0.6 is 0 Å². The molecule has 0 unspecified atom stereocenters. The summed E-state index contributed by atoms with van der Waals surface area (Å²) in [5, 5.41) is 27.0. The monoisotopic (exact) mass is 319 g/mol. The molecule has 1 heterocycles. The third kappa shape index (κ3) is 4.31. The highest BCUT2D eigenvalue weighted by Crippen LogP contribution is 2.18. The Labute approximate surface area is 136 Å². The van der Waals surface area contributed by atoms with E-state index in [9.17, 15) is 5.11 Å². The largest absolute Gasteiger partial charge is 0.497 e. The van der Waals surface area contributed by atoms with Gasteiger partial charge in [0.05, 0.1) is 32.1 Å². The normalized spacial score (nSPS) is 12.4. The van der Waals surface area contributed by atoms with Gasteiger partial charge in [-0.05, 0) is 31.5 Å². The highest BCUT2D eigenvalue weighted by Gasteiger charge is 2.12. The highest BCUT2D eigenvalue weighted by molar-refractivity contribution is 5.28. The van der Waals surface area contributed by atoms with Crippen LogP contribution in [0, 0.1) is 13.8 Å². The summed E-state index contributed by atoms with van der Waals surface area (Å²) in [6.45, 7) is 5.61. The van der Waals surface area contributed by atoms with Gasteiger partial charge in [0.25, 0.3) is 0 Å². The van der Waals surface area contributed by atoms with E-state index in [0.717, 1.165) is 28.3 Å². The molecule has 0 saturated heterocycles. The number of aromatic nitrogens is 2. The number of nitrogens with zero attached hydrogens (tertiary/aromatic N) is 2. The Bertz CT molecular complexity index is 623. The van der Waals surface area contributed by atoms with Gasteiger partial charge >= 0.3 is 0 Å². The Hall–Kier alpha value is -1.89. The number of nitrogens with one attached hydrogen (secondary N) is 1. The van der Waals surface area contributed by atoms with Gasteiger partial charge in [-0.15, -0.1) is 0 Å². The van der Waals surface area contributed by atoms with E-state index < -0.39 is 6.10 Å². The molecule has 1 aromatic carbocycles. The van der Waals surface area contributed by atoms with Gasteiger partial charge in [-0.25, -0.2) is 0 Å². The van der Waals surface area contributed by atoms with Crippen molar-refractivity contribution in [2.45, 2.75) is 33.0 Å². The van der Waals surface area contributed by atoms with Crippen LogP contribution in [-0.2, 0) is 13.1 Å². The number of hydrogen-bond donors (Lipinski definition) is 3. The Morgan fingerprint density at radius 3 is 2.57 bits per heavy atom. The predicted octanol–water partition coefficient (Wildman–Crippen LogP) is 1.32. The lowest BCUT2D eigenvalue weighted by Crippen LogP contribution is -2.21. The fourth-order valence-electron chi connectivity index (χ4n) is 2.58. The molecule has 0 aliphatic heterocycles. The van der Waals surface area contributed by atoms with Crippen molar-refractivity contribution in [3.8, 4) is 5.75 Å². The Balaban J connectivity index is 1.91. The Morgan fingerprint density at radius 1 is 1.26 bits per heavy atom. The van der Waals surface area contributed by atoms with Crippen LogP contribution in [0.2, 0.25) is 0 Å². The standard InChI is InChI=1S/C17H25N3O3/c1-12-16(13(2)20(19-12)8-9-21)10-18-11-17(22)14-4-6-15(23-3)7-5-14/h4-7,17-18,21-22H,8-11H2,1-3H3/t17-/m0/s1. The number of benzene rings is 1. The van der Waals surface area contributed by atoms with Gasteiger partial charge in [-0.1, -0.05) is 12.1 Å². The third-order valence-corrected chi connectivity index (χ3v) is 3.98. The van der Waals surface area contributed by atoms with Crippen LogP contribution in [0.15, 0.2) is 24.3 Å². The highest BCUT2D eigenvalue weighted by atomic mass is 16.5. The van der Waals surface area contributed by atoms with Gasteiger partial charge in [-0.2, -0.15) is 5.10 Å². The lowest BCUT2D eigenvalue weighted by atomic mass is 10.1. The zero-order valence-corrected chi connectivity index (χ0v) is 13.9. The van der Waals surface area contributed by atoms with Crippen LogP contribution in [0.3, 0.4) is 0 Å². The number of ether oxygens (including phenoxy) is 1. The van der Waals surface area contributed by atoms with Crippen LogP contribution in [-0.4, -0.2) is 40.3 Å². The first-order valence-electron chi connectivity index (χ1n) is 7.73. The summed E-state index contributed by atoms with van der Waals surface area (Å²) in [6.07, 6.45) is -0.575. The molecule has 0 radical (unpaired) electrons. The average molecular weight is 319 g/mol. The second-order valence-corrected chi connectivity index (χ2v) is 5.52. The second-order valence-electron chi connectivity index (χ2n) is 5.52. The smallest absolute Gasteiger partial charge is 0.118 e. The van der Waals surface area contributed by atoms with Gasteiger partial charge in [0.1, 0.15) is 5.75 Å². The van der Waals surface area contributed by atoms with E-state index in [2.05, 4.69) is 10.4 Å². The number of aryl methyl sites for hydroxylation is 1. The zero-order valence-electron chi connectivity index (χ0n) is 13.9. The average Bonchev–Trinajstić information content (AvgIpc) is 2.82. The molecule has 126 valence electrons. The molecule has 0 amide bonds. The number of hydrogen-bond acceptors (Lipinski definition) is 5. The molecular formula is C17H25N3O3. The Kier molecular flexibility index (Phi) is 6.15. The third-order valence-electron chi connectivity index (χ3n) is 3.98. The second kappa shape index (κ2) is 8.10. The van der Waals surface area contributed by atoms with Crippen molar-refractivity contribution < 1.29 is 14.9 Å². The van der Waals surface area contributed by atoms with Crippen LogP contribution < -0.4 is 10.1 Å². The van der Waals surface area contributed by atoms with Crippen molar-refractivity contribution >= 4 is 0 Å².